The molecule has 0 unspecified atom stereocenters. The Morgan fingerprint density at radius 1 is 1.14 bits per heavy atom. The summed E-state index contributed by atoms with van der Waals surface area (Å²) in [7, 11) is 3.23. The van der Waals surface area contributed by atoms with Crippen molar-refractivity contribution in [2.45, 2.75) is 57.0 Å². The number of carbonyl (C=O) groups excluding carboxylic acids is 2. The number of hydrogen-bond donors (Lipinski definition) is 1. The largest absolute Gasteiger partial charge is 0.491 e. The van der Waals surface area contributed by atoms with Gasteiger partial charge in [0, 0.05) is 43.0 Å². The first-order chi connectivity index (χ1) is 17.5. The minimum atomic E-state index is -0.354. The third-order valence-corrected chi connectivity index (χ3v) is 7.80. The van der Waals surface area contributed by atoms with E-state index < -0.39 is 0 Å². The highest BCUT2D eigenvalue weighted by molar-refractivity contribution is 5.99. The molecule has 1 aromatic heterocycles. The minimum absolute atomic E-state index is 0.000670. The Hall–Kier alpha value is -3.32. The van der Waals surface area contributed by atoms with E-state index in [0.717, 1.165) is 40.8 Å². The van der Waals surface area contributed by atoms with Crippen LogP contribution in [-0.2, 0) is 16.1 Å². The third-order valence-electron chi connectivity index (χ3n) is 7.80. The van der Waals surface area contributed by atoms with Gasteiger partial charge in [0.05, 0.1) is 24.4 Å². The van der Waals surface area contributed by atoms with Gasteiger partial charge in [-0.15, -0.1) is 0 Å². The zero-order valence-electron chi connectivity index (χ0n) is 21.2. The monoisotopic (exact) mass is 489 g/mol. The van der Waals surface area contributed by atoms with Crippen molar-refractivity contribution in [3.8, 4) is 17.0 Å². The molecule has 1 aliphatic heterocycles. The molecule has 0 saturated heterocycles. The summed E-state index contributed by atoms with van der Waals surface area (Å²) in [5, 5.41) is 1.16. The Morgan fingerprint density at radius 3 is 2.67 bits per heavy atom. The molecular formula is C29H35N3O4. The summed E-state index contributed by atoms with van der Waals surface area (Å²) in [5.74, 6) is 0.897. The van der Waals surface area contributed by atoms with E-state index in [1.807, 2.05) is 37.4 Å². The molecule has 7 heteroatoms. The predicted octanol–water partition coefficient (Wildman–Crippen LogP) is 4.71. The number of nitrogens with zero attached hydrogens (tertiary/aromatic N) is 2. The number of likely N-dealkylation sites (N-methyl/N-ethyl adjacent to an activating group) is 1. The van der Waals surface area contributed by atoms with Crippen molar-refractivity contribution in [3.63, 3.8) is 0 Å². The summed E-state index contributed by atoms with van der Waals surface area (Å²) in [4.78, 5) is 27.1. The number of nitrogens with two attached hydrogens (primary N) is 1. The number of esters is 1. The van der Waals surface area contributed by atoms with Crippen LogP contribution in [0.3, 0.4) is 0 Å². The number of benzene rings is 2. The van der Waals surface area contributed by atoms with Crippen LogP contribution in [0.4, 0.5) is 0 Å². The Balaban J connectivity index is 1.76. The lowest BCUT2D eigenvalue weighted by Gasteiger charge is -2.32. The lowest BCUT2D eigenvalue weighted by atomic mass is 9.81. The number of hydrogen-bond acceptors (Lipinski definition) is 5. The SMILES string of the molecule is COC(=O)c1ccc2c(C3CCCCC3)c3n(c2c1)C[C@@H](N(C)C(=O)CCN)COc1ccccc1-3. The van der Waals surface area contributed by atoms with E-state index in [-0.39, 0.29) is 17.9 Å². The van der Waals surface area contributed by atoms with Crippen molar-refractivity contribution in [1.82, 2.24) is 9.47 Å². The number of amides is 1. The third kappa shape index (κ3) is 4.37. The Morgan fingerprint density at radius 2 is 1.92 bits per heavy atom. The molecule has 2 heterocycles. The van der Waals surface area contributed by atoms with Crippen LogP contribution in [0, 0.1) is 0 Å². The molecule has 5 rings (SSSR count). The van der Waals surface area contributed by atoms with Gasteiger partial charge in [0.1, 0.15) is 12.4 Å². The van der Waals surface area contributed by atoms with Crippen LogP contribution in [0.1, 0.15) is 60.4 Å². The Labute approximate surface area is 212 Å². The normalized spacial score (nSPS) is 17.9. The fourth-order valence-corrected chi connectivity index (χ4v) is 5.88. The molecular weight excluding hydrogens is 454 g/mol. The van der Waals surface area contributed by atoms with Crippen LogP contribution in [0.25, 0.3) is 22.2 Å². The number of fused-ring (bicyclic) bond motifs is 5. The second-order valence-electron chi connectivity index (χ2n) is 9.94. The van der Waals surface area contributed by atoms with Crippen molar-refractivity contribution < 1.29 is 19.1 Å². The molecule has 1 amide bonds. The van der Waals surface area contributed by atoms with Gasteiger partial charge in [0.15, 0.2) is 0 Å². The molecule has 190 valence electrons. The maximum atomic E-state index is 12.8. The maximum Gasteiger partial charge on any atom is 0.337 e. The van der Waals surface area contributed by atoms with Crippen LogP contribution >= 0.6 is 0 Å². The molecule has 0 bridgehead atoms. The van der Waals surface area contributed by atoms with Gasteiger partial charge in [0.2, 0.25) is 5.91 Å². The second-order valence-corrected chi connectivity index (χ2v) is 9.94. The van der Waals surface area contributed by atoms with Gasteiger partial charge in [0.25, 0.3) is 0 Å². The predicted molar refractivity (Wildman–Crippen MR) is 140 cm³/mol. The first-order valence-electron chi connectivity index (χ1n) is 13.0. The number of para-hydroxylation sites is 1. The molecule has 1 aliphatic carbocycles. The van der Waals surface area contributed by atoms with Crippen LogP contribution < -0.4 is 10.5 Å². The van der Waals surface area contributed by atoms with Gasteiger partial charge in [-0.2, -0.15) is 0 Å². The zero-order chi connectivity index (χ0) is 25.2. The molecule has 2 aromatic carbocycles. The van der Waals surface area contributed by atoms with E-state index in [0.29, 0.717) is 37.6 Å². The smallest absolute Gasteiger partial charge is 0.337 e. The van der Waals surface area contributed by atoms with Crippen LogP contribution in [0.5, 0.6) is 5.75 Å². The van der Waals surface area contributed by atoms with Crippen molar-refractivity contribution >= 4 is 22.8 Å². The number of aromatic nitrogens is 1. The summed E-state index contributed by atoms with van der Waals surface area (Å²) in [6, 6.07) is 13.9. The highest BCUT2D eigenvalue weighted by Gasteiger charge is 2.32. The van der Waals surface area contributed by atoms with Crippen LogP contribution in [-0.4, -0.2) is 54.7 Å². The molecule has 36 heavy (non-hydrogen) atoms. The second kappa shape index (κ2) is 10.3. The topological polar surface area (TPSA) is 86.8 Å². The first kappa shape index (κ1) is 24.4. The molecule has 7 nitrogen and oxygen atoms in total. The van der Waals surface area contributed by atoms with Gasteiger partial charge in [-0.25, -0.2) is 4.79 Å². The van der Waals surface area contributed by atoms with E-state index in [9.17, 15) is 9.59 Å². The van der Waals surface area contributed by atoms with E-state index >= 15 is 0 Å². The summed E-state index contributed by atoms with van der Waals surface area (Å²) >= 11 is 0. The Bertz CT molecular complexity index is 1280. The van der Waals surface area contributed by atoms with Crippen molar-refractivity contribution in [1.29, 1.82) is 0 Å². The number of rotatable bonds is 5. The highest BCUT2D eigenvalue weighted by Crippen LogP contribution is 2.47. The molecule has 2 aliphatic rings. The molecule has 2 N–H and O–H groups in total. The minimum Gasteiger partial charge on any atom is -0.491 e. The average molecular weight is 490 g/mol. The molecule has 3 aromatic rings. The van der Waals surface area contributed by atoms with Gasteiger partial charge in [-0.3, -0.25) is 4.79 Å². The lowest BCUT2D eigenvalue weighted by Crippen LogP contribution is -2.44. The first-order valence-corrected chi connectivity index (χ1v) is 13.0. The van der Waals surface area contributed by atoms with Crippen LogP contribution in [0.15, 0.2) is 42.5 Å². The number of methoxy groups -OCH3 is 1. The summed E-state index contributed by atoms with van der Waals surface area (Å²) in [6.45, 7) is 1.24. The van der Waals surface area contributed by atoms with E-state index in [2.05, 4.69) is 16.7 Å². The van der Waals surface area contributed by atoms with Gasteiger partial charge < -0.3 is 24.7 Å². The van der Waals surface area contributed by atoms with Gasteiger partial charge >= 0.3 is 5.97 Å². The number of ether oxygens (including phenoxy) is 2. The summed E-state index contributed by atoms with van der Waals surface area (Å²) < 4.78 is 13.7. The summed E-state index contributed by atoms with van der Waals surface area (Å²) in [6.07, 6.45) is 6.29. The zero-order valence-corrected chi connectivity index (χ0v) is 21.2. The van der Waals surface area contributed by atoms with Gasteiger partial charge in [-0.05, 0) is 48.6 Å². The van der Waals surface area contributed by atoms with Gasteiger partial charge in [-0.1, -0.05) is 37.5 Å². The van der Waals surface area contributed by atoms with E-state index in [1.54, 1.807) is 4.90 Å². The molecule has 0 spiro atoms. The fraction of sp³-hybridized carbons (Fsp3) is 0.448. The van der Waals surface area contributed by atoms with Crippen molar-refractivity contribution in [2.24, 2.45) is 5.73 Å². The Kier molecular flexibility index (Phi) is 7.01. The molecule has 1 atom stereocenters. The standard InChI is InChI=1S/C29H35N3O4/c1-31(26(33)14-15-30)21-17-32-24-16-20(29(34)35-2)12-13-22(24)27(19-8-4-3-5-9-19)28(32)23-10-6-7-11-25(23)36-18-21/h6-7,10-13,16,19,21H,3-5,8-9,14-15,17-18,30H2,1-2H3/t21-/m1/s1. The van der Waals surface area contributed by atoms with Crippen LogP contribution in [0.2, 0.25) is 0 Å². The average Bonchev–Trinajstić information content (AvgIpc) is 3.22. The van der Waals surface area contributed by atoms with Crippen molar-refractivity contribution in [2.75, 3.05) is 27.3 Å². The fourth-order valence-electron chi connectivity index (χ4n) is 5.88. The maximum absolute atomic E-state index is 12.8. The molecule has 1 fully saturated rings. The summed E-state index contributed by atoms with van der Waals surface area (Å²) in [5.41, 5.74) is 10.7. The lowest BCUT2D eigenvalue weighted by molar-refractivity contribution is -0.132. The molecule has 0 radical (unpaired) electrons. The molecule has 1 saturated carbocycles. The number of carbonyl (C=O) groups is 2. The highest BCUT2D eigenvalue weighted by atomic mass is 16.5. The van der Waals surface area contributed by atoms with E-state index in [1.165, 1.54) is 31.9 Å². The van der Waals surface area contributed by atoms with E-state index in [4.69, 9.17) is 15.2 Å². The van der Waals surface area contributed by atoms with Crippen molar-refractivity contribution in [3.05, 3.63) is 53.6 Å². The quantitative estimate of drug-likeness (QED) is 0.525.